The van der Waals surface area contributed by atoms with Crippen molar-refractivity contribution in [1.29, 1.82) is 0 Å². The molecule has 6 amide bonds. The summed E-state index contributed by atoms with van der Waals surface area (Å²) in [6.45, 7) is 24.9. The molecule has 8 aliphatic rings. The van der Waals surface area contributed by atoms with Crippen LogP contribution in [0.4, 0.5) is 18.9 Å². The molecule has 3 N–H and O–H groups in total. The zero-order valence-electron chi connectivity index (χ0n) is 62.1. The molecule has 1 saturated heterocycles. The quantitative estimate of drug-likeness (QED) is 0.0617. The van der Waals surface area contributed by atoms with Gasteiger partial charge in [-0.2, -0.15) is 13.2 Å². The van der Waals surface area contributed by atoms with E-state index in [4.69, 9.17) is 0 Å². The molecule has 4 aliphatic heterocycles. The van der Waals surface area contributed by atoms with Crippen molar-refractivity contribution in [2.45, 2.75) is 224 Å². The molecular formula is C88H98F3N7O9. The van der Waals surface area contributed by atoms with Gasteiger partial charge in [-0.25, -0.2) is 0 Å². The number of ketones is 3. The Balaban J connectivity index is 0.000000150. The molecule has 6 aromatic carbocycles. The zero-order chi connectivity index (χ0) is 76.1. The number of amides is 6. The second kappa shape index (κ2) is 32.6. The first kappa shape index (κ1) is 76.6. The summed E-state index contributed by atoms with van der Waals surface area (Å²) in [5.74, 6) is -0.367. The van der Waals surface area contributed by atoms with Crippen LogP contribution in [0.1, 0.15) is 221 Å². The van der Waals surface area contributed by atoms with E-state index in [1.165, 1.54) is 47.4 Å². The number of hydrogen-bond acceptors (Lipinski definition) is 10. The Kier molecular flexibility index (Phi) is 23.3. The fraction of sp³-hybridized carbons (Fsp3) is 0.420. The molecule has 16 nitrogen and oxygen atoms in total. The Morgan fingerprint density at radius 1 is 0.486 bits per heavy atom. The normalized spacial score (nSPS) is 19.6. The van der Waals surface area contributed by atoms with Crippen molar-refractivity contribution in [2.24, 2.45) is 0 Å². The summed E-state index contributed by atoms with van der Waals surface area (Å²) in [5.41, 5.74) is 15.7. The van der Waals surface area contributed by atoms with Gasteiger partial charge in [0.2, 0.25) is 17.7 Å². The summed E-state index contributed by atoms with van der Waals surface area (Å²) in [5, 5.41) is 8.94. The van der Waals surface area contributed by atoms with Crippen molar-refractivity contribution in [1.82, 2.24) is 30.7 Å². The van der Waals surface area contributed by atoms with Crippen molar-refractivity contribution in [3.8, 4) is 0 Å². The van der Waals surface area contributed by atoms with Gasteiger partial charge in [0, 0.05) is 113 Å². The Bertz CT molecular complexity index is 4500. The molecule has 0 radical (unpaired) electrons. The number of carbonyl (C=O) groups is 9. The average molecular weight is 1450 g/mol. The number of nitrogens with zero attached hydrogens (tertiary/aromatic N) is 4. The Labute approximate surface area is 625 Å². The summed E-state index contributed by atoms with van der Waals surface area (Å²) in [4.78, 5) is 122. The number of carbonyl (C=O) groups excluding carboxylic acids is 9. The topological polar surface area (TPSA) is 203 Å². The van der Waals surface area contributed by atoms with Crippen LogP contribution in [-0.4, -0.2) is 105 Å². The number of alkyl halides is 3. The van der Waals surface area contributed by atoms with Crippen LogP contribution in [0.3, 0.4) is 0 Å². The average Bonchev–Trinajstić information content (AvgIpc) is 1.59. The third-order valence-corrected chi connectivity index (χ3v) is 22.8. The van der Waals surface area contributed by atoms with Crippen LogP contribution in [0.15, 0.2) is 158 Å². The van der Waals surface area contributed by atoms with Gasteiger partial charge in [0.25, 0.3) is 17.7 Å². The van der Waals surface area contributed by atoms with Crippen molar-refractivity contribution >= 4 is 58.5 Å². The molecule has 4 saturated carbocycles. The number of hydrogen-bond donors (Lipinski definition) is 3. The third kappa shape index (κ3) is 17.7. The van der Waals surface area contributed by atoms with E-state index in [9.17, 15) is 56.3 Å². The highest BCUT2D eigenvalue weighted by Gasteiger charge is 2.64. The van der Waals surface area contributed by atoms with Crippen molar-refractivity contribution in [2.75, 3.05) is 18.0 Å². The van der Waals surface area contributed by atoms with E-state index < -0.39 is 17.6 Å². The van der Waals surface area contributed by atoms with E-state index in [-0.39, 0.29) is 102 Å². The molecule has 107 heavy (non-hydrogen) atoms. The Hall–Kier alpha value is -10.0. The van der Waals surface area contributed by atoms with Crippen LogP contribution >= 0.6 is 0 Å². The maximum absolute atomic E-state index is 13.3. The fourth-order valence-corrected chi connectivity index (χ4v) is 16.2. The molecule has 14 rings (SSSR count). The van der Waals surface area contributed by atoms with Crippen molar-refractivity contribution in [3.63, 3.8) is 0 Å². The Morgan fingerprint density at radius 2 is 0.841 bits per heavy atom. The fourth-order valence-electron chi connectivity index (χ4n) is 16.2. The Morgan fingerprint density at radius 3 is 1.18 bits per heavy atom. The minimum atomic E-state index is -4.24. The molecule has 0 spiro atoms. The van der Waals surface area contributed by atoms with E-state index >= 15 is 0 Å². The van der Waals surface area contributed by atoms with Crippen LogP contribution in [-0.2, 0) is 98.1 Å². The molecule has 4 aliphatic carbocycles. The third-order valence-electron chi connectivity index (χ3n) is 22.8. The second-order valence-electron chi connectivity index (χ2n) is 31.3. The number of allylic oxidation sites excluding steroid dienone is 3. The maximum Gasteiger partial charge on any atom is 0.398 e. The lowest BCUT2D eigenvalue weighted by Crippen LogP contribution is -2.43. The number of anilines is 1. The molecule has 6 aromatic rings. The van der Waals surface area contributed by atoms with Crippen LogP contribution < -0.4 is 20.9 Å². The van der Waals surface area contributed by atoms with Crippen LogP contribution in [0.5, 0.6) is 0 Å². The monoisotopic (exact) mass is 1450 g/mol. The largest absolute Gasteiger partial charge is 0.398 e. The molecule has 19 heteroatoms. The van der Waals surface area contributed by atoms with Gasteiger partial charge in [-0.05, 0) is 187 Å². The smallest absolute Gasteiger partial charge is 0.371 e. The summed E-state index contributed by atoms with van der Waals surface area (Å²) in [7, 11) is 0. The molecule has 0 unspecified atom stereocenters. The number of aryl methyl sites for hydroxylation is 4. The molecule has 0 bridgehead atoms. The van der Waals surface area contributed by atoms with Gasteiger partial charge in [-0.15, -0.1) is 0 Å². The molecule has 4 heterocycles. The lowest BCUT2D eigenvalue weighted by molar-refractivity contribution is -0.160. The van der Waals surface area contributed by atoms with Gasteiger partial charge in [-0.1, -0.05) is 154 Å². The summed E-state index contributed by atoms with van der Waals surface area (Å²) >= 11 is 0. The van der Waals surface area contributed by atoms with Gasteiger partial charge < -0.3 is 35.6 Å². The highest BCUT2D eigenvalue weighted by atomic mass is 19.4. The maximum atomic E-state index is 13.3. The van der Waals surface area contributed by atoms with E-state index in [1.54, 1.807) is 39.0 Å². The zero-order valence-corrected chi connectivity index (χ0v) is 62.1. The predicted octanol–water partition coefficient (Wildman–Crippen LogP) is 14.5. The number of nitrogens with one attached hydrogen (secondary N) is 3. The first-order valence-corrected chi connectivity index (χ1v) is 37.9. The van der Waals surface area contributed by atoms with Gasteiger partial charge in [0.15, 0.2) is 17.3 Å². The van der Waals surface area contributed by atoms with Crippen molar-refractivity contribution in [3.05, 3.63) is 241 Å². The lowest BCUT2D eigenvalue weighted by Gasteiger charge is -2.30. The highest BCUT2D eigenvalue weighted by molar-refractivity contribution is 6.04. The van der Waals surface area contributed by atoms with Crippen LogP contribution in [0.2, 0.25) is 0 Å². The van der Waals surface area contributed by atoms with E-state index in [0.29, 0.717) is 120 Å². The molecule has 3 atom stereocenters. The first-order valence-electron chi connectivity index (χ1n) is 37.9. The number of fused-ring (bicyclic) bond motifs is 3. The van der Waals surface area contributed by atoms with Gasteiger partial charge in [-0.3, -0.25) is 43.2 Å². The van der Waals surface area contributed by atoms with Gasteiger partial charge >= 0.3 is 6.18 Å². The number of rotatable bonds is 20. The van der Waals surface area contributed by atoms with E-state index in [1.807, 2.05) is 42.5 Å². The highest BCUT2D eigenvalue weighted by Crippen LogP contribution is 2.59. The first-order chi connectivity index (χ1) is 51.1. The SMILES string of the molecule is C=C1CC[C@H](N2Cc3c(CNC(=O)CCc4ccc(C(C)(C)C)cc4)cccc3C2=O)C(=O)C1.C=C1CC[C@H](N2Cc3c(CNC(=O)CCc4ccc(C5(C(F)(F)F)CC5)cc4)cccc3C2=O)C(=O)C1.C=C1CC[C@H](N2Cc3c(CNC(=O)CCc4ccc(N5CCCC5)c(C)c4)cccc3C2=O)C(=O)C1. The van der Waals surface area contributed by atoms with E-state index in [0.717, 1.165) is 93.6 Å². The number of halogens is 3. The molecule has 560 valence electrons. The van der Waals surface area contributed by atoms with E-state index in [2.05, 4.69) is 111 Å². The lowest BCUT2D eigenvalue weighted by atomic mass is 9.86. The van der Waals surface area contributed by atoms with Crippen LogP contribution in [0.25, 0.3) is 0 Å². The number of Topliss-reactive ketones (excluding diaryl/α,β-unsaturated/α-hetero) is 3. The molecule has 0 aromatic heterocycles. The van der Waals surface area contributed by atoms with Crippen LogP contribution in [0, 0.1) is 6.92 Å². The summed E-state index contributed by atoms with van der Waals surface area (Å²) < 4.78 is 40.0. The van der Waals surface area contributed by atoms with Crippen molar-refractivity contribution < 1.29 is 56.3 Å². The second-order valence-corrected chi connectivity index (χ2v) is 31.3. The minimum Gasteiger partial charge on any atom is -0.371 e. The number of benzene rings is 6. The summed E-state index contributed by atoms with van der Waals surface area (Å²) in [6, 6.07) is 36.8. The van der Waals surface area contributed by atoms with Gasteiger partial charge in [0.1, 0.15) is 0 Å². The van der Waals surface area contributed by atoms with Gasteiger partial charge in [0.05, 0.1) is 23.5 Å². The summed E-state index contributed by atoms with van der Waals surface area (Å²) in [6.07, 6.45) is 6.51. The molecule has 5 fully saturated rings. The molecular weight excluding hydrogens is 1360 g/mol. The predicted molar refractivity (Wildman–Crippen MR) is 406 cm³/mol. The standard InChI is InChI=1S/C30H35N3O3.C29H29F3N2O3.C29H34N2O3/c1-20-8-11-27(28(34)16-20)33-19-25-23(6-5-7-24(25)30(33)36)18-31-29(35)13-10-22-9-12-26(21(2)17-22)32-14-3-4-15-32;1-18-5-11-24(25(35)15-18)34-17-23-20(3-2-4-22(23)27(34)37)16-33-26(36)12-8-19-6-9-21(10-7-19)28(13-14-28)29(30,31)32;1-19-8-14-25(26(32)16-19)31-18-24-21(6-5-7-23(24)28(31)34)17-30-27(33)15-11-20-9-12-22(13-10-20)29(2,3)4/h5-7,9,12,17,27H,1,3-4,8,10-11,13-16,18-19H2,2H3,(H,31,35);2-4,6-7,9-10,24H,1,5,8,11-17H2,(H,33,36);5-7,9-10,12-13,25H,1,8,11,14-18H2,2-4H3,(H,30,33)/t27-;24-;25-/m000/s1. The minimum absolute atomic E-state index is 0.00368.